The van der Waals surface area contributed by atoms with Crippen molar-refractivity contribution >= 4 is 21.8 Å². The molecule has 9 heteroatoms. The normalized spacial score (nSPS) is 16.8. The first-order valence-electron chi connectivity index (χ1n) is 9.14. The summed E-state index contributed by atoms with van der Waals surface area (Å²) in [5.41, 5.74) is 6.30. The molecule has 0 aromatic heterocycles. The van der Waals surface area contributed by atoms with Crippen LogP contribution >= 0.6 is 0 Å². The number of rotatable bonds is 7. The minimum atomic E-state index is -3.58. The Labute approximate surface area is 160 Å². The number of nitrogens with zero attached hydrogens (tertiary/aromatic N) is 2. The van der Waals surface area contributed by atoms with Crippen LogP contribution in [0.3, 0.4) is 0 Å². The van der Waals surface area contributed by atoms with E-state index < -0.39 is 15.9 Å². The van der Waals surface area contributed by atoms with Crippen molar-refractivity contribution in [2.75, 3.05) is 39.3 Å². The van der Waals surface area contributed by atoms with Crippen LogP contribution in [-0.4, -0.2) is 68.7 Å². The molecule has 1 aliphatic rings. The Kier molecular flexibility index (Phi) is 7.34. The SMILES string of the molecule is CCC(C)c1ccc(S(=O)(=O)N2CCN(C(=O)CNC(=O)CN)CC2)cc1. The molecule has 150 valence electrons. The van der Waals surface area contributed by atoms with Crippen molar-refractivity contribution in [3.8, 4) is 0 Å². The van der Waals surface area contributed by atoms with Crippen LogP contribution in [0, 0.1) is 0 Å². The van der Waals surface area contributed by atoms with E-state index in [4.69, 9.17) is 5.73 Å². The quantitative estimate of drug-likeness (QED) is 0.679. The van der Waals surface area contributed by atoms with Gasteiger partial charge >= 0.3 is 0 Å². The molecule has 1 unspecified atom stereocenters. The number of sulfonamides is 1. The summed E-state index contributed by atoms with van der Waals surface area (Å²) in [6.45, 7) is 4.95. The summed E-state index contributed by atoms with van der Waals surface area (Å²) < 4.78 is 27.0. The fraction of sp³-hybridized carbons (Fsp3) is 0.556. The second kappa shape index (κ2) is 9.29. The Hall–Kier alpha value is -1.97. The summed E-state index contributed by atoms with van der Waals surface area (Å²) >= 11 is 0. The lowest BCUT2D eigenvalue weighted by molar-refractivity contribution is -0.133. The van der Waals surface area contributed by atoms with Gasteiger partial charge in [-0.25, -0.2) is 8.42 Å². The standard InChI is InChI=1S/C18H28N4O4S/c1-3-14(2)15-4-6-16(7-5-15)27(25,26)22-10-8-21(9-11-22)18(24)13-20-17(23)12-19/h4-7,14H,3,8-13,19H2,1-2H3,(H,20,23). The maximum atomic E-state index is 12.8. The van der Waals surface area contributed by atoms with E-state index in [0.717, 1.165) is 12.0 Å². The molecule has 2 rings (SSSR count). The van der Waals surface area contributed by atoms with Crippen LogP contribution in [0.1, 0.15) is 31.7 Å². The van der Waals surface area contributed by atoms with E-state index in [-0.39, 0.29) is 37.0 Å². The van der Waals surface area contributed by atoms with E-state index in [2.05, 4.69) is 19.2 Å². The summed E-state index contributed by atoms with van der Waals surface area (Å²) in [7, 11) is -3.58. The maximum absolute atomic E-state index is 12.8. The number of nitrogens with two attached hydrogens (primary N) is 1. The minimum absolute atomic E-state index is 0.125. The fourth-order valence-electron chi connectivity index (χ4n) is 2.89. The third-order valence-electron chi connectivity index (χ3n) is 4.91. The molecule has 0 aliphatic carbocycles. The lowest BCUT2D eigenvalue weighted by Gasteiger charge is -2.34. The van der Waals surface area contributed by atoms with Gasteiger partial charge in [-0.15, -0.1) is 0 Å². The molecule has 2 amide bonds. The lowest BCUT2D eigenvalue weighted by atomic mass is 9.99. The molecule has 1 aliphatic heterocycles. The van der Waals surface area contributed by atoms with Gasteiger partial charge in [-0.3, -0.25) is 9.59 Å². The minimum Gasteiger partial charge on any atom is -0.346 e. The van der Waals surface area contributed by atoms with Crippen LogP contribution in [0.15, 0.2) is 29.2 Å². The van der Waals surface area contributed by atoms with E-state index in [9.17, 15) is 18.0 Å². The molecular weight excluding hydrogens is 368 g/mol. The number of carbonyl (C=O) groups excluding carboxylic acids is 2. The summed E-state index contributed by atoms with van der Waals surface area (Å²) in [6.07, 6.45) is 0.994. The fourth-order valence-corrected chi connectivity index (χ4v) is 4.31. The van der Waals surface area contributed by atoms with Gasteiger partial charge in [0, 0.05) is 26.2 Å². The summed E-state index contributed by atoms with van der Waals surface area (Å²) in [6, 6.07) is 7.02. The van der Waals surface area contributed by atoms with Crippen LogP contribution in [0.5, 0.6) is 0 Å². The summed E-state index contributed by atoms with van der Waals surface area (Å²) in [5.74, 6) is -0.256. The van der Waals surface area contributed by atoms with Gasteiger partial charge in [-0.2, -0.15) is 4.31 Å². The van der Waals surface area contributed by atoms with Crippen molar-refractivity contribution < 1.29 is 18.0 Å². The Morgan fingerprint density at radius 3 is 2.26 bits per heavy atom. The second-order valence-corrected chi connectivity index (χ2v) is 8.58. The van der Waals surface area contributed by atoms with Crippen molar-refractivity contribution in [2.24, 2.45) is 5.73 Å². The molecule has 1 heterocycles. The smallest absolute Gasteiger partial charge is 0.243 e. The van der Waals surface area contributed by atoms with E-state index in [1.807, 2.05) is 12.1 Å². The Balaban J connectivity index is 1.96. The Morgan fingerprint density at radius 1 is 1.15 bits per heavy atom. The number of hydrogen-bond acceptors (Lipinski definition) is 5. The first-order valence-corrected chi connectivity index (χ1v) is 10.6. The van der Waals surface area contributed by atoms with Gasteiger partial charge in [0.05, 0.1) is 18.0 Å². The van der Waals surface area contributed by atoms with Gasteiger partial charge in [-0.05, 0) is 30.0 Å². The zero-order valence-corrected chi connectivity index (χ0v) is 16.7. The molecule has 27 heavy (non-hydrogen) atoms. The Morgan fingerprint density at radius 2 is 1.74 bits per heavy atom. The van der Waals surface area contributed by atoms with Crippen LogP contribution in [0.25, 0.3) is 0 Å². The van der Waals surface area contributed by atoms with Crippen molar-refractivity contribution in [2.45, 2.75) is 31.1 Å². The number of piperazine rings is 1. The molecule has 3 N–H and O–H groups in total. The number of amides is 2. The van der Waals surface area contributed by atoms with Crippen LogP contribution in [-0.2, 0) is 19.6 Å². The molecule has 1 fully saturated rings. The average Bonchev–Trinajstić information content (AvgIpc) is 2.71. The van der Waals surface area contributed by atoms with Gasteiger partial charge in [0.15, 0.2) is 0 Å². The van der Waals surface area contributed by atoms with Gasteiger partial charge in [0.1, 0.15) is 0 Å². The molecule has 0 bridgehead atoms. The topological polar surface area (TPSA) is 113 Å². The lowest BCUT2D eigenvalue weighted by Crippen LogP contribution is -2.52. The monoisotopic (exact) mass is 396 g/mol. The van der Waals surface area contributed by atoms with Crippen molar-refractivity contribution in [3.05, 3.63) is 29.8 Å². The van der Waals surface area contributed by atoms with E-state index in [0.29, 0.717) is 19.0 Å². The third kappa shape index (κ3) is 5.27. The van der Waals surface area contributed by atoms with Crippen LogP contribution in [0.4, 0.5) is 0 Å². The summed E-state index contributed by atoms with van der Waals surface area (Å²) in [4.78, 5) is 25.0. The highest BCUT2D eigenvalue weighted by atomic mass is 32.2. The zero-order chi connectivity index (χ0) is 20.0. The molecule has 1 aromatic rings. The molecule has 1 saturated heterocycles. The highest BCUT2D eigenvalue weighted by Crippen LogP contribution is 2.23. The molecule has 1 aromatic carbocycles. The average molecular weight is 397 g/mol. The third-order valence-corrected chi connectivity index (χ3v) is 6.83. The zero-order valence-electron chi connectivity index (χ0n) is 15.8. The first kappa shape index (κ1) is 21.3. The summed E-state index contributed by atoms with van der Waals surface area (Å²) in [5, 5.41) is 2.43. The van der Waals surface area contributed by atoms with Crippen molar-refractivity contribution in [1.29, 1.82) is 0 Å². The van der Waals surface area contributed by atoms with E-state index in [1.165, 1.54) is 4.31 Å². The Bertz CT molecular complexity index is 756. The van der Waals surface area contributed by atoms with Gasteiger partial charge < -0.3 is 16.0 Å². The first-order chi connectivity index (χ1) is 12.8. The van der Waals surface area contributed by atoms with Crippen molar-refractivity contribution in [1.82, 2.24) is 14.5 Å². The molecule has 1 atom stereocenters. The molecule has 0 radical (unpaired) electrons. The molecule has 0 saturated carbocycles. The second-order valence-electron chi connectivity index (χ2n) is 6.64. The number of hydrogen-bond donors (Lipinski definition) is 2. The van der Waals surface area contributed by atoms with Gasteiger partial charge in [0.25, 0.3) is 0 Å². The number of benzene rings is 1. The number of carbonyl (C=O) groups is 2. The van der Waals surface area contributed by atoms with Crippen molar-refractivity contribution in [3.63, 3.8) is 0 Å². The highest BCUT2D eigenvalue weighted by Gasteiger charge is 2.30. The number of nitrogens with one attached hydrogen (secondary N) is 1. The van der Waals surface area contributed by atoms with E-state index in [1.54, 1.807) is 17.0 Å². The maximum Gasteiger partial charge on any atom is 0.243 e. The van der Waals surface area contributed by atoms with Crippen LogP contribution < -0.4 is 11.1 Å². The van der Waals surface area contributed by atoms with Gasteiger partial charge in [-0.1, -0.05) is 26.0 Å². The molecule has 8 nitrogen and oxygen atoms in total. The molecule has 0 spiro atoms. The highest BCUT2D eigenvalue weighted by molar-refractivity contribution is 7.89. The predicted octanol–water partition coefficient (Wildman–Crippen LogP) is 0.108. The van der Waals surface area contributed by atoms with E-state index >= 15 is 0 Å². The van der Waals surface area contributed by atoms with Crippen LogP contribution in [0.2, 0.25) is 0 Å². The largest absolute Gasteiger partial charge is 0.346 e. The predicted molar refractivity (Wildman–Crippen MR) is 103 cm³/mol. The van der Waals surface area contributed by atoms with Gasteiger partial charge in [0.2, 0.25) is 21.8 Å². The molecular formula is C18H28N4O4S.